The summed E-state index contributed by atoms with van der Waals surface area (Å²) in [5.41, 5.74) is -2.05. The van der Waals surface area contributed by atoms with Gasteiger partial charge in [0, 0.05) is 32.0 Å². The Kier molecular flexibility index (Phi) is 4.33. The van der Waals surface area contributed by atoms with Crippen LogP contribution in [0.3, 0.4) is 0 Å². The molecular weight excluding hydrogens is 291 g/mol. The number of rotatable bonds is 4. The average Bonchev–Trinajstić information content (AvgIpc) is 2.84. The van der Waals surface area contributed by atoms with Gasteiger partial charge in [-0.2, -0.15) is 13.2 Å². The highest BCUT2D eigenvalue weighted by molar-refractivity contribution is 5.55. The van der Waals surface area contributed by atoms with Crippen LogP contribution in [-0.4, -0.2) is 37.3 Å². The number of methoxy groups -OCH3 is 1. The number of ether oxygens (including phenoxy) is 1. The molecule has 6 nitrogen and oxygen atoms in total. The van der Waals surface area contributed by atoms with Crippen LogP contribution >= 0.6 is 0 Å². The molecule has 1 heterocycles. The first-order chi connectivity index (χ1) is 9.82. The standard InChI is InChI=1S/C12H14F3N3O3/c1-21-11-6-16-5-9(11)17-7-2-3-10(18(19)20)8(4-7)12(13,14)15/h2-4,9,11,16-17H,5-6H2,1H3/t9?,11-/m0/s1. The van der Waals surface area contributed by atoms with Crippen molar-refractivity contribution in [2.45, 2.75) is 18.3 Å². The maximum atomic E-state index is 12.9. The van der Waals surface area contributed by atoms with E-state index in [1.165, 1.54) is 13.2 Å². The second-order valence-corrected chi connectivity index (χ2v) is 4.67. The van der Waals surface area contributed by atoms with Gasteiger partial charge in [-0.1, -0.05) is 0 Å². The predicted octanol–water partition coefficient (Wildman–Crippen LogP) is 2.01. The molecule has 2 N–H and O–H groups in total. The number of nitro groups is 1. The van der Waals surface area contributed by atoms with Gasteiger partial charge in [-0.3, -0.25) is 10.1 Å². The van der Waals surface area contributed by atoms with Crippen molar-refractivity contribution in [3.05, 3.63) is 33.9 Å². The molecule has 0 amide bonds. The fourth-order valence-corrected chi connectivity index (χ4v) is 2.27. The number of benzene rings is 1. The highest BCUT2D eigenvalue weighted by atomic mass is 19.4. The van der Waals surface area contributed by atoms with Crippen LogP contribution in [0.4, 0.5) is 24.5 Å². The summed E-state index contributed by atoms with van der Waals surface area (Å²) in [5.74, 6) is 0. The molecule has 1 unspecified atom stereocenters. The fourth-order valence-electron chi connectivity index (χ4n) is 2.27. The monoisotopic (exact) mass is 305 g/mol. The molecule has 0 bridgehead atoms. The Morgan fingerprint density at radius 3 is 2.71 bits per heavy atom. The molecule has 0 radical (unpaired) electrons. The number of hydrogen-bond donors (Lipinski definition) is 2. The third-order valence-electron chi connectivity index (χ3n) is 3.31. The van der Waals surface area contributed by atoms with Crippen LogP contribution in [0, 0.1) is 10.1 Å². The zero-order valence-corrected chi connectivity index (χ0v) is 11.1. The van der Waals surface area contributed by atoms with E-state index in [4.69, 9.17) is 4.74 Å². The lowest BCUT2D eigenvalue weighted by Gasteiger charge is -2.20. The lowest BCUT2D eigenvalue weighted by molar-refractivity contribution is -0.388. The van der Waals surface area contributed by atoms with Gasteiger partial charge in [-0.15, -0.1) is 0 Å². The number of halogens is 3. The van der Waals surface area contributed by atoms with E-state index in [0.29, 0.717) is 13.1 Å². The molecule has 0 saturated carbocycles. The van der Waals surface area contributed by atoms with Crippen molar-refractivity contribution >= 4 is 11.4 Å². The highest BCUT2D eigenvalue weighted by Gasteiger charge is 2.38. The van der Waals surface area contributed by atoms with Crippen molar-refractivity contribution in [3.8, 4) is 0 Å². The van der Waals surface area contributed by atoms with E-state index in [1.54, 1.807) is 0 Å². The van der Waals surface area contributed by atoms with E-state index in [9.17, 15) is 23.3 Å². The van der Waals surface area contributed by atoms with E-state index in [-0.39, 0.29) is 17.8 Å². The summed E-state index contributed by atoms with van der Waals surface area (Å²) in [5, 5.41) is 16.6. The Morgan fingerprint density at radius 2 is 2.14 bits per heavy atom. The summed E-state index contributed by atoms with van der Waals surface area (Å²) < 4.78 is 43.8. The van der Waals surface area contributed by atoms with Gasteiger partial charge in [0.1, 0.15) is 5.56 Å². The zero-order chi connectivity index (χ0) is 15.6. The van der Waals surface area contributed by atoms with Crippen molar-refractivity contribution in [2.75, 3.05) is 25.5 Å². The lowest BCUT2D eigenvalue weighted by Crippen LogP contribution is -2.33. The smallest absolute Gasteiger partial charge is 0.378 e. The molecule has 0 aromatic heterocycles. The minimum absolute atomic E-state index is 0.170. The first-order valence-electron chi connectivity index (χ1n) is 6.18. The van der Waals surface area contributed by atoms with Gasteiger partial charge in [0.2, 0.25) is 0 Å². The van der Waals surface area contributed by atoms with Gasteiger partial charge in [0.25, 0.3) is 5.69 Å². The molecule has 1 aliphatic heterocycles. The topological polar surface area (TPSA) is 76.4 Å². The number of anilines is 1. The summed E-state index contributed by atoms with van der Waals surface area (Å²) in [7, 11) is 1.52. The maximum absolute atomic E-state index is 12.9. The minimum Gasteiger partial charge on any atom is -0.378 e. The molecule has 0 aliphatic carbocycles. The van der Waals surface area contributed by atoms with Crippen LogP contribution in [0.1, 0.15) is 5.56 Å². The van der Waals surface area contributed by atoms with Crippen molar-refractivity contribution in [2.24, 2.45) is 0 Å². The first kappa shape index (κ1) is 15.5. The average molecular weight is 305 g/mol. The van der Waals surface area contributed by atoms with E-state index in [0.717, 1.165) is 12.1 Å². The summed E-state index contributed by atoms with van der Waals surface area (Å²) in [6.07, 6.45) is -4.95. The lowest BCUT2D eigenvalue weighted by atomic mass is 10.1. The Balaban J connectivity index is 2.27. The Hall–Kier alpha value is -1.87. The Labute approximate surface area is 118 Å². The molecule has 2 atom stereocenters. The molecule has 1 aromatic rings. The number of nitrogens with one attached hydrogen (secondary N) is 2. The zero-order valence-electron chi connectivity index (χ0n) is 11.1. The number of nitro benzene ring substituents is 1. The molecule has 1 saturated heterocycles. The molecule has 1 aromatic carbocycles. The maximum Gasteiger partial charge on any atom is 0.423 e. The largest absolute Gasteiger partial charge is 0.423 e. The van der Waals surface area contributed by atoms with Gasteiger partial charge in [0.15, 0.2) is 0 Å². The third-order valence-corrected chi connectivity index (χ3v) is 3.31. The molecule has 1 fully saturated rings. The summed E-state index contributed by atoms with van der Waals surface area (Å²) in [4.78, 5) is 9.64. The number of alkyl halides is 3. The molecule has 9 heteroatoms. The first-order valence-corrected chi connectivity index (χ1v) is 6.18. The van der Waals surface area contributed by atoms with Crippen molar-refractivity contribution in [1.29, 1.82) is 0 Å². The van der Waals surface area contributed by atoms with E-state index in [1.807, 2.05) is 0 Å². The van der Waals surface area contributed by atoms with Gasteiger partial charge >= 0.3 is 6.18 Å². The summed E-state index contributed by atoms with van der Waals surface area (Å²) in [6, 6.07) is 2.68. The minimum atomic E-state index is -4.78. The second-order valence-electron chi connectivity index (χ2n) is 4.67. The van der Waals surface area contributed by atoms with E-state index in [2.05, 4.69) is 10.6 Å². The summed E-state index contributed by atoms with van der Waals surface area (Å²) in [6.45, 7) is 1.13. The van der Waals surface area contributed by atoms with Crippen LogP contribution < -0.4 is 10.6 Å². The van der Waals surface area contributed by atoms with Crippen molar-refractivity contribution < 1.29 is 22.8 Å². The number of nitrogens with zero attached hydrogens (tertiary/aromatic N) is 1. The third kappa shape index (κ3) is 3.42. The van der Waals surface area contributed by atoms with Crippen LogP contribution in [0.5, 0.6) is 0 Å². The Bertz CT molecular complexity index is 536. The normalized spacial score (nSPS) is 22.3. The van der Waals surface area contributed by atoms with Gasteiger partial charge in [-0.05, 0) is 12.1 Å². The van der Waals surface area contributed by atoms with Gasteiger partial charge in [-0.25, -0.2) is 0 Å². The van der Waals surface area contributed by atoms with Crippen LogP contribution in [0.15, 0.2) is 18.2 Å². The molecule has 21 heavy (non-hydrogen) atoms. The van der Waals surface area contributed by atoms with Crippen LogP contribution in [-0.2, 0) is 10.9 Å². The number of hydrogen-bond acceptors (Lipinski definition) is 5. The van der Waals surface area contributed by atoms with Gasteiger partial charge in [0.05, 0.1) is 17.1 Å². The van der Waals surface area contributed by atoms with Crippen LogP contribution in [0.2, 0.25) is 0 Å². The van der Waals surface area contributed by atoms with Gasteiger partial charge < -0.3 is 15.4 Å². The predicted molar refractivity (Wildman–Crippen MR) is 69.2 cm³/mol. The molecule has 1 aliphatic rings. The van der Waals surface area contributed by atoms with Crippen molar-refractivity contribution in [3.63, 3.8) is 0 Å². The molecule has 116 valence electrons. The van der Waals surface area contributed by atoms with E-state index >= 15 is 0 Å². The summed E-state index contributed by atoms with van der Waals surface area (Å²) >= 11 is 0. The quantitative estimate of drug-likeness (QED) is 0.657. The molecular formula is C12H14F3N3O3. The second kappa shape index (κ2) is 5.86. The van der Waals surface area contributed by atoms with Crippen molar-refractivity contribution in [1.82, 2.24) is 5.32 Å². The Morgan fingerprint density at radius 1 is 1.43 bits per heavy atom. The van der Waals surface area contributed by atoms with E-state index < -0.39 is 22.4 Å². The fraction of sp³-hybridized carbons (Fsp3) is 0.500. The molecule has 2 rings (SSSR count). The molecule has 0 spiro atoms. The van der Waals surface area contributed by atoms with Crippen LogP contribution in [0.25, 0.3) is 0 Å². The highest BCUT2D eigenvalue weighted by Crippen LogP contribution is 2.37. The SMILES string of the molecule is CO[C@H]1CNCC1Nc1ccc([N+](=O)[O-])c(C(F)(F)F)c1.